The van der Waals surface area contributed by atoms with Gasteiger partial charge in [-0.1, -0.05) is 42.5 Å². The summed E-state index contributed by atoms with van der Waals surface area (Å²) in [6, 6.07) is 17.7. The van der Waals surface area contributed by atoms with E-state index in [-0.39, 0.29) is 30.5 Å². The fourth-order valence-corrected chi connectivity index (χ4v) is 5.00. The van der Waals surface area contributed by atoms with Crippen LogP contribution in [0.2, 0.25) is 0 Å². The van der Waals surface area contributed by atoms with E-state index in [9.17, 15) is 9.59 Å². The average Bonchev–Trinajstić information content (AvgIpc) is 3.69. The molecule has 2 unspecified atom stereocenters. The average molecular weight is 567 g/mol. The molecule has 3 aliphatic rings. The Labute approximate surface area is 237 Å². The van der Waals surface area contributed by atoms with Crippen molar-refractivity contribution in [2.24, 2.45) is 5.10 Å². The zero-order valence-electron chi connectivity index (χ0n) is 22.8. The van der Waals surface area contributed by atoms with Gasteiger partial charge in [0.05, 0.1) is 25.4 Å². The first kappa shape index (κ1) is 29.7. The summed E-state index contributed by atoms with van der Waals surface area (Å²) >= 11 is 0. The number of hydrazone groups is 1. The lowest BCUT2D eigenvalue weighted by atomic mass is 9.98. The van der Waals surface area contributed by atoms with Gasteiger partial charge < -0.3 is 24.6 Å². The predicted octanol–water partition coefficient (Wildman–Crippen LogP) is 1.85. The molecule has 218 valence electrons. The molecule has 41 heavy (non-hydrogen) atoms. The molecule has 12 heteroatoms. The number of carbonyl (C=O) groups is 4. The van der Waals surface area contributed by atoms with E-state index in [1.54, 1.807) is 12.1 Å². The van der Waals surface area contributed by atoms with Crippen LogP contribution in [0.1, 0.15) is 36.4 Å². The zero-order chi connectivity index (χ0) is 29.4. The zero-order valence-corrected chi connectivity index (χ0v) is 22.8. The van der Waals surface area contributed by atoms with Crippen LogP contribution < -0.4 is 4.74 Å². The molecule has 12 nitrogen and oxygen atoms in total. The van der Waals surface area contributed by atoms with Crippen LogP contribution in [0.25, 0.3) is 0 Å². The van der Waals surface area contributed by atoms with Gasteiger partial charge in [0.1, 0.15) is 11.9 Å². The quantitative estimate of drug-likeness (QED) is 0.500. The van der Waals surface area contributed by atoms with Gasteiger partial charge in [-0.2, -0.15) is 5.10 Å². The molecule has 0 spiro atoms. The van der Waals surface area contributed by atoms with Crippen molar-refractivity contribution < 1.29 is 38.9 Å². The summed E-state index contributed by atoms with van der Waals surface area (Å²) in [6.07, 6.45) is 2.12. The SMILES string of the molecule is COc1ccc(C2CC(c3ccccc3)=NN2C(=O)CN2CCN(C(=O)C3CCCO3)CC2)cc1.O=C(O)C(=O)O. The van der Waals surface area contributed by atoms with Crippen molar-refractivity contribution >= 4 is 29.5 Å². The van der Waals surface area contributed by atoms with Crippen LogP contribution >= 0.6 is 0 Å². The lowest BCUT2D eigenvalue weighted by molar-refractivity contribution is -0.159. The van der Waals surface area contributed by atoms with Gasteiger partial charge in [0.2, 0.25) is 0 Å². The highest BCUT2D eigenvalue weighted by Crippen LogP contribution is 2.33. The van der Waals surface area contributed by atoms with Crippen LogP contribution in [0.3, 0.4) is 0 Å². The lowest BCUT2D eigenvalue weighted by Crippen LogP contribution is -2.53. The first-order valence-electron chi connectivity index (χ1n) is 13.4. The van der Waals surface area contributed by atoms with Crippen molar-refractivity contribution in [1.29, 1.82) is 0 Å². The number of carbonyl (C=O) groups excluding carboxylic acids is 2. The number of carboxylic acids is 2. The van der Waals surface area contributed by atoms with E-state index < -0.39 is 11.9 Å². The molecule has 2 N–H and O–H groups in total. The van der Waals surface area contributed by atoms with Gasteiger partial charge >= 0.3 is 11.9 Å². The van der Waals surface area contributed by atoms with Gasteiger partial charge in [-0.25, -0.2) is 14.6 Å². The molecule has 2 aromatic carbocycles. The highest BCUT2D eigenvalue weighted by molar-refractivity contribution is 6.27. The Kier molecular flexibility index (Phi) is 10.0. The van der Waals surface area contributed by atoms with Crippen LogP contribution in [-0.4, -0.2) is 107 Å². The number of carboxylic acid groups (broad SMARTS) is 2. The van der Waals surface area contributed by atoms with Crippen molar-refractivity contribution in [1.82, 2.24) is 14.8 Å². The number of ether oxygens (including phenoxy) is 2. The number of aliphatic carboxylic acids is 2. The number of amides is 2. The van der Waals surface area contributed by atoms with Gasteiger partial charge in [0, 0.05) is 39.2 Å². The number of methoxy groups -OCH3 is 1. The molecule has 2 fully saturated rings. The van der Waals surface area contributed by atoms with Crippen LogP contribution in [-0.2, 0) is 23.9 Å². The van der Waals surface area contributed by atoms with Gasteiger partial charge in [-0.15, -0.1) is 0 Å². The summed E-state index contributed by atoms with van der Waals surface area (Å²) in [5, 5.41) is 21.2. The van der Waals surface area contributed by atoms with E-state index in [1.165, 1.54) is 0 Å². The number of benzene rings is 2. The lowest BCUT2D eigenvalue weighted by Gasteiger charge is -2.36. The second-order valence-corrected chi connectivity index (χ2v) is 9.86. The van der Waals surface area contributed by atoms with Gasteiger partial charge in [0.25, 0.3) is 11.8 Å². The Balaban J connectivity index is 0.000000585. The molecule has 3 heterocycles. The molecular weight excluding hydrogens is 532 g/mol. The van der Waals surface area contributed by atoms with E-state index in [4.69, 9.17) is 34.4 Å². The number of nitrogens with zero attached hydrogens (tertiary/aromatic N) is 4. The van der Waals surface area contributed by atoms with Gasteiger partial charge in [-0.05, 0) is 36.1 Å². The molecular formula is C29H34N4O8. The highest BCUT2D eigenvalue weighted by atomic mass is 16.5. The summed E-state index contributed by atoms with van der Waals surface area (Å²) in [5.41, 5.74) is 2.97. The molecule has 2 aromatic rings. The van der Waals surface area contributed by atoms with Crippen molar-refractivity contribution in [3.05, 3.63) is 65.7 Å². The number of piperazine rings is 1. The van der Waals surface area contributed by atoms with Crippen LogP contribution in [0.4, 0.5) is 0 Å². The second-order valence-electron chi connectivity index (χ2n) is 9.86. The van der Waals surface area contributed by atoms with Gasteiger partial charge in [0.15, 0.2) is 0 Å². The van der Waals surface area contributed by atoms with E-state index in [1.807, 2.05) is 59.5 Å². The van der Waals surface area contributed by atoms with Crippen molar-refractivity contribution in [2.45, 2.75) is 31.4 Å². The first-order valence-corrected chi connectivity index (χ1v) is 13.4. The molecule has 2 atom stereocenters. The third-order valence-corrected chi connectivity index (χ3v) is 7.20. The summed E-state index contributed by atoms with van der Waals surface area (Å²) in [5.74, 6) is -2.81. The minimum Gasteiger partial charge on any atom is -0.497 e. The molecule has 5 rings (SSSR count). The monoisotopic (exact) mass is 566 g/mol. The van der Waals surface area contributed by atoms with E-state index in [0.717, 1.165) is 35.4 Å². The minimum atomic E-state index is -1.82. The summed E-state index contributed by atoms with van der Waals surface area (Å²) in [4.78, 5) is 48.3. The molecule has 0 bridgehead atoms. The van der Waals surface area contributed by atoms with E-state index in [0.29, 0.717) is 39.2 Å². The predicted molar refractivity (Wildman–Crippen MR) is 147 cm³/mol. The minimum absolute atomic E-state index is 0.0318. The fraction of sp³-hybridized carbons (Fsp3) is 0.414. The van der Waals surface area contributed by atoms with E-state index >= 15 is 0 Å². The summed E-state index contributed by atoms with van der Waals surface area (Å²) in [6.45, 7) is 3.52. The molecule has 0 aromatic heterocycles. The smallest absolute Gasteiger partial charge is 0.414 e. The Morgan fingerprint density at radius 2 is 1.61 bits per heavy atom. The summed E-state index contributed by atoms with van der Waals surface area (Å²) < 4.78 is 10.9. The number of hydrogen-bond donors (Lipinski definition) is 2. The molecule has 3 aliphatic heterocycles. The largest absolute Gasteiger partial charge is 0.497 e. The highest BCUT2D eigenvalue weighted by Gasteiger charge is 2.35. The maximum absolute atomic E-state index is 13.5. The molecule has 2 saturated heterocycles. The van der Waals surface area contributed by atoms with Crippen LogP contribution in [0.5, 0.6) is 5.75 Å². The topological polar surface area (TPSA) is 149 Å². The number of hydrogen-bond acceptors (Lipinski definition) is 8. The molecule has 0 radical (unpaired) electrons. The maximum Gasteiger partial charge on any atom is 0.414 e. The van der Waals surface area contributed by atoms with Crippen molar-refractivity contribution in [3.8, 4) is 5.75 Å². The molecule has 0 aliphatic carbocycles. The van der Waals surface area contributed by atoms with Crippen molar-refractivity contribution in [2.75, 3.05) is 46.4 Å². The Morgan fingerprint density at radius 3 is 2.17 bits per heavy atom. The first-order chi connectivity index (χ1) is 19.8. The fourth-order valence-electron chi connectivity index (χ4n) is 5.00. The van der Waals surface area contributed by atoms with Crippen molar-refractivity contribution in [3.63, 3.8) is 0 Å². The third-order valence-electron chi connectivity index (χ3n) is 7.20. The third kappa shape index (κ3) is 7.68. The maximum atomic E-state index is 13.5. The second kappa shape index (κ2) is 13.9. The normalized spacial score (nSPS) is 20.6. The number of rotatable bonds is 6. The van der Waals surface area contributed by atoms with Gasteiger partial charge in [-0.3, -0.25) is 14.5 Å². The standard InChI is InChI=1S/C27H32N4O4.C2H2O4/c1-34-22-11-9-21(10-12-22)24-18-23(20-6-3-2-4-7-20)28-31(24)26(32)19-29-13-15-30(16-14-29)27(33)25-8-5-17-35-25;3-1(4)2(5)6/h2-4,6-7,9-12,24-25H,5,8,13-19H2,1H3;(H,3,4)(H,5,6). The van der Waals surface area contributed by atoms with E-state index in [2.05, 4.69) is 4.90 Å². The summed E-state index contributed by atoms with van der Waals surface area (Å²) in [7, 11) is 1.64. The molecule has 0 saturated carbocycles. The van der Waals surface area contributed by atoms with Crippen LogP contribution in [0.15, 0.2) is 59.7 Å². The Hall–Kier alpha value is -4.29. The Morgan fingerprint density at radius 1 is 0.951 bits per heavy atom. The van der Waals surface area contributed by atoms with Crippen LogP contribution in [0, 0.1) is 0 Å². The molecule has 2 amide bonds. The Bertz CT molecular complexity index is 1240.